The Bertz CT molecular complexity index is 4200. The highest BCUT2D eigenvalue weighted by Gasteiger charge is 2.19. The number of methoxy groups -OCH3 is 5. The van der Waals surface area contributed by atoms with E-state index < -0.39 is 54.5 Å². The Morgan fingerprint density at radius 3 is 1.32 bits per heavy atom. The molecule has 0 saturated heterocycles. The van der Waals surface area contributed by atoms with E-state index in [1.54, 1.807) is 7.05 Å². The van der Waals surface area contributed by atoms with Crippen molar-refractivity contribution in [3.05, 3.63) is 170 Å². The van der Waals surface area contributed by atoms with E-state index in [0.29, 0.717) is 15.3 Å². The molecule has 0 aliphatic carbocycles. The van der Waals surface area contributed by atoms with Crippen molar-refractivity contribution in [1.29, 1.82) is 0 Å². The molecular weight excluding hydrogens is 1500 g/mol. The highest BCUT2D eigenvalue weighted by molar-refractivity contribution is 9.11. The quantitative estimate of drug-likeness (QED) is 0.0152. The molecule has 40 heteroatoms. The van der Waals surface area contributed by atoms with Gasteiger partial charge in [-0.05, 0) is 71.5 Å². The zero-order valence-corrected chi connectivity index (χ0v) is 57.7. The Morgan fingerprint density at radius 2 is 0.906 bits per heavy atom. The predicted molar refractivity (Wildman–Crippen MR) is 333 cm³/mol. The number of carbonyl (C=O) groups excluding carboxylic acids is 3. The van der Waals surface area contributed by atoms with Crippen LogP contribution in [-0.4, -0.2) is 175 Å². The topological polar surface area (TPSA) is 355 Å². The second kappa shape index (κ2) is 41.1. The average molecular weight is 1550 g/mol. The number of nitrogens with zero attached hydrogens (tertiary/aromatic N) is 17. The monoisotopic (exact) mass is 1550 g/mol. The second-order valence-electron chi connectivity index (χ2n) is 17.4. The normalized spacial score (nSPS) is 10.0. The number of ketones is 2. The van der Waals surface area contributed by atoms with Crippen LogP contribution in [0.4, 0.5) is 26.3 Å². The van der Waals surface area contributed by atoms with Gasteiger partial charge in [-0.2, -0.15) is 46.9 Å². The lowest BCUT2D eigenvalue weighted by Crippen LogP contribution is -2.25. The summed E-state index contributed by atoms with van der Waals surface area (Å²) in [6.45, 7) is 6.34. The number of ether oxygens (including phenoxy) is 5. The summed E-state index contributed by atoms with van der Waals surface area (Å²) in [7, 11) is 10.9. The van der Waals surface area contributed by atoms with E-state index in [4.69, 9.17) is 20.7 Å². The van der Waals surface area contributed by atoms with Crippen LogP contribution < -0.4 is 23.7 Å². The van der Waals surface area contributed by atoms with Gasteiger partial charge in [0.1, 0.15) is 37.2 Å². The zero-order valence-electron chi connectivity index (χ0n) is 51.9. The minimum Gasteiger partial charge on any atom is -0.479 e. The molecule has 0 fully saturated rings. The van der Waals surface area contributed by atoms with Crippen molar-refractivity contribution in [1.82, 2.24) is 85.4 Å². The molecule has 0 saturated carbocycles. The first-order chi connectivity index (χ1) is 45.6. The van der Waals surface area contributed by atoms with Crippen LogP contribution in [0.5, 0.6) is 29.4 Å². The summed E-state index contributed by atoms with van der Waals surface area (Å²) in [6, 6.07) is 4.26. The lowest BCUT2D eigenvalue weighted by molar-refractivity contribution is -0.0762. The van der Waals surface area contributed by atoms with Gasteiger partial charge in [-0.15, -0.1) is 12.0 Å². The maximum Gasteiger partial charge on any atom is 0.299 e. The van der Waals surface area contributed by atoms with Crippen LogP contribution in [0.25, 0.3) is 5.70 Å². The molecule has 0 aliphatic rings. The summed E-state index contributed by atoms with van der Waals surface area (Å²) >= 11 is 8.84. The van der Waals surface area contributed by atoms with Gasteiger partial charge in [0.05, 0.1) is 86.9 Å². The third kappa shape index (κ3) is 27.5. The highest BCUT2D eigenvalue weighted by atomic mass is 79.9. The molecule has 9 rings (SSSR count). The van der Waals surface area contributed by atoms with Crippen molar-refractivity contribution in [2.75, 3.05) is 63.9 Å². The van der Waals surface area contributed by atoms with Crippen molar-refractivity contribution in [3.8, 4) is 65.0 Å². The van der Waals surface area contributed by atoms with Crippen molar-refractivity contribution in [2.24, 2.45) is 0 Å². The van der Waals surface area contributed by atoms with Gasteiger partial charge in [0.15, 0.2) is 38.2 Å². The van der Waals surface area contributed by atoms with Crippen molar-refractivity contribution in [3.63, 3.8) is 0 Å². The molecule has 0 unspecified atom stereocenters. The molecule has 0 spiro atoms. The van der Waals surface area contributed by atoms with Gasteiger partial charge < -0.3 is 37.3 Å². The van der Waals surface area contributed by atoms with Gasteiger partial charge in [-0.25, -0.2) is 44.3 Å². The number of Topliss-reactive ketones (excluding diaryl/α,β-unsaturated/α-hetero) is 1. The maximum absolute atomic E-state index is 13.4. The fraction of sp³-hybridized carbons (Fsp3) is 0.214. The van der Waals surface area contributed by atoms with Gasteiger partial charge in [0.25, 0.3) is 41.1 Å². The molecule has 0 aromatic carbocycles. The molecule has 0 bridgehead atoms. The van der Waals surface area contributed by atoms with Crippen LogP contribution in [0.2, 0.25) is 19.6 Å². The van der Waals surface area contributed by atoms with E-state index in [1.165, 1.54) is 105 Å². The van der Waals surface area contributed by atoms with Crippen LogP contribution >= 0.6 is 47.8 Å². The van der Waals surface area contributed by atoms with E-state index in [0.717, 1.165) is 42.2 Å². The molecule has 9 aromatic rings. The zero-order chi connectivity index (χ0) is 71.5. The molecule has 0 N–H and O–H groups in total. The Morgan fingerprint density at radius 1 is 0.510 bits per heavy atom. The van der Waals surface area contributed by atoms with Crippen LogP contribution in [0.3, 0.4) is 0 Å². The first-order valence-electron chi connectivity index (χ1n) is 25.6. The van der Waals surface area contributed by atoms with E-state index in [2.05, 4.69) is 205 Å². The van der Waals surface area contributed by atoms with Gasteiger partial charge in [0, 0.05) is 38.4 Å². The molecule has 0 radical (unpaired) electrons. The number of aromatic nitrogens is 15. The smallest absolute Gasteiger partial charge is 0.299 e. The number of terminal acetylenes is 1. The number of amides is 1. The number of carbonyl (C=O) groups is 3. The Kier molecular flexibility index (Phi) is 34.0. The van der Waals surface area contributed by atoms with Gasteiger partial charge in [0.2, 0.25) is 52.3 Å². The predicted octanol–water partition coefficient (Wildman–Crippen LogP) is 8.47. The minimum absolute atomic E-state index is 0.0231. The first-order valence-corrected chi connectivity index (χ1v) is 31.5. The van der Waals surface area contributed by atoms with Crippen molar-refractivity contribution in [2.45, 2.75) is 19.6 Å². The Labute approximate surface area is 567 Å². The molecule has 504 valence electrons. The molecule has 0 atom stereocenters. The lowest BCUT2D eigenvalue weighted by Gasteiger charge is -2.18. The number of hydroxylamine groups is 4. The second-order valence-corrected chi connectivity index (χ2v) is 24.3. The van der Waals surface area contributed by atoms with E-state index in [9.17, 15) is 40.7 Å². The summed E-state index contributed by atoms with van der Waals surface area (Å²) in [5.74, 6) is 4.40. The largest absolute Gasteiger partial charge is 0.479 e. The van der Waals surface area contributed by atoms with Crippen LogP contribution in [0.15, 0.2) is 108 Å². The van der Waals surface area contributed by atoms with E-state index >= 15 is 0 Å². The summed E-state index contributed by atoms with van der Waals surface area (Å²) in [6.07, 6.45) is 16.1. The van der Waals surface area contributed by atoms with Gasteiger partial charge in [-0.1, -0.05) is 35.1 Å². The number of hydrogen-bond acceptors (Lipinski definition) is 29. The summed E-state index contributed by atoms with van der Waals surface area (Å²) < 4.78 is 115. The number of halogens is 9. The Hall–Kier alpha value is -10.7. The third-order valence-corrected chi connectivity index (χ3v) is 12.0. The van der Waals surface area contributed by atoms with Crippen LogP contribution in [0, 0.1) is 70.6 Å². The number of hydrogen-bond donors (Lipinski definition) is 0. The van der Waals surface area contributed by atoms with Gasteiger partial charge >= 0.3 is 0 Å². The fourth-order valence-electron chi connectivity index (χ4n) is 5.34. The summed E-state index contributed by atoms with van der Waals surface area (Å²) in [5, 5.41) is 12.7. The molecule has 0 aliphatic heterocycles. The maximum atomic E-state index is 13.4. The minimum atomic E-state index is -1.46. The van der Waals surface area contributed by atoms with Gasteiger partial charge in [-0.3, -0.25) is 29.1 Å². The first kappa shape index (κ1) is 79.5. The van der Waals surface area contributed by atoms with Crippen LogP contribution in [-0.2, 0) is 9.68 Å². The fourth-order valence-corrected chi connectivity index (χ4v) is 6.88. The average Bonchev–Trinajstić information content (AvgIpc) is 1.05. The number of rotatable bonds is 13. The van der Waals surface area contributed by atoms with Crippen LogP contribution in [0.1, 0.15) is 54.8 Å². The third-order valence-electron chi connectivity index (χ3n) is 9.82. The lowest BCUT2D eigenvalue weighted by atomic mass is 10.2. The summed E-state index contributed by atoms with van der Waals surface area (Å²) in [5.41, 5.74) is 3.72. The molecule has 30 nitrogen and oxygen atoms in total. The summed E-state index contributed by atoms with van der Waals surface area (Å²) in [4.78, 5) is 88.3. The molecule has 1 amide bonds. The Balaban J connectivity index is 0.000000298. The highest BCUT2D eigenvalue weighted by Crippen LogP contribution is 2.21. The number of allylic oxidation sites excluding steroid dienone is 1. The van der Waals surface area contributed by atoms with E-state index in [1.807, 2.05) is 0 Å². The van der Waals surface area contributed by atoms with E-state index in [-0.39, 0.29) is 80.2 Å². The van der Waals surface area contributed by atoms with Crippen molar-refractivity contribution >= 4 is 79.0 Å². The van der Waals surface area contributed by atoms with Crippen molar-refractivity contribution < 1.29 is 87.7 Å². The molecule has 96 heavy (non-hydrogen) atoms. The molecule has 9 heterocycles. The SMILES string of the molecule is C#Cc1ncc(F)c(OC)n1.CON(C)C(=O)c1ccon1.COc1nc(/C(=C\C(=O)c2ccon2)N(C)OC)ncc1F.COc1nc(Br)ncc1F.COc1nc(C#CC(=O)c2ccon2)ncc1F.COc1nc(C#C[Si](C)(C)C)ncc1F.Fc1cnc(Br)nc1Br. The standard InChI is InChI=1S/C13H13FN4O4.C11H6FN3O3.C10H13FN2OSi.C7H5FN2O.C6H8N2O3.C5H4BrFN2O.C4HBr2FN2/c1-18(21-3)10(6-11(19)9-4-5-22-17-9)12-15-7-8(14)13(16-12)20-2;1-17-11-7(12)6-13-10(14-11)3-2-9(16)8-4-5-18-15-8;1-14-10-8(11)7-12-9(13-10)5-6-15(2,3)4;1-3-6-9-4-5(8)7(10-6)11-2;1-8(10-2)6(9)5-3-4-11-7-5;1-10-4-3(7)2-8-5(6)9-4;5-3-2(7)1-8-4(6)9-3/h4-7H,1-3H3;4-6H,1H3;7H,1-4H3;1,4H,2H3;3-4H,1-2H3;2H,1H3;1H/b10-6+;;;;;;. The molecular formula is C56H50Br3F6N17O13Si. The molecule has 9 aromatic heterocycles.